The monoisotopic (exact) mass is 269 g/mol. The van der Waals surface area contributed by atoms with Crippen LogP contribution in [0.1, 0.15) is 10.4 Å². The van der Waals surface area contributed by atoms with Crippen LogP contribution in [0.3, 0.4) is 0 Å². The topological polar surface area (TPSA) is 107 Å². The van der Waals surface area contributed by atoms with Crippen LogP contribution in [0.2, 0.25) is 0 Å². The maximum atomic E-state index is 11.3. The van der Waals surface area contributed by atoms with E-state index >= 15 is 0 Å². The molecular weight excluding hydrogens is 254 g/mol. The van der Waals surface area contributed by atoms with Crippen molar-refractivity contribution in [2.75, 3.05) is 18.1 Å². The fourth-order valence-corrected chi connectivity index (χ4v) is 1.75. The molecule has 2 amide bonds. The Hall–Kier alpha value is -1.73. The molecule has 0 aliphatic rings. The number of benzene rings is 1. The van der Waals surface area contributed by atoms with Gasteiger partial charge in [-0.2, -0.15) is 0 Å². The van der Waals surface area contributed by atoms with E-state index in [1.54, 1.807) is 24.3 Å². The van der Waals surface area contributed by atoms with Gasteiger partial charge < -0.3 is 10.5 Å². The predicted molar refractivity (Wildman–Crippen MR) is 70.1 cm³/mol. The van der Waals surface area contributed by atoms with Gasteiger partial charge in [-0.1, -0.05) is 6.07 Å². The summed E-state index contributed by atoms with van der Waals surface area (Å²) in [6.45, 7) is 0.436. The zero-order valence-corrected chi connectivity index (χ0v) is 10.5. The van der Waals surface area contributed by atoms with Crippen LogP contribution < -0.4 is 21.7 Å². The van der Waals surface area contributed by atoms with Gasteiger partial charge in [0.2, 0.25) is 5.91 Å². The third-order valence-electron chi connectivity index (χ3n) is 1.97. The highest BCUT2D eigenvalue weighted by Crippen LogP contribution is 2.13. The molecule has 0 spiro atoms. The quantitative estimate of drug-likeness (QED) is 0.277. The van der Waals surface area contributed by atoms with Gasteiger partial charge in [-0.25, -0.2) is 5.84 Å². The number of ether oxygens (including phenoxy) is 1. The second kappa shape index (κ2) is 7.57. The van der Waals surface area contributed by atoms with Gasteiger partial charge in [0.1, 0.15) is 5.75 Å². The summed E-state index contributed by atoms with van der Waals surface area (Å²) in [5, 5.41) is 0. The highest BCUT2D eigenvalue weighted by Gasteiger charge is 2.04. The van der Waals surface area contributed by atoms with E-state index in [9.17, 15) is 9.59 Å². The van der Waals surface area contributed by atoms with Gasteiger partial charge in [0.25, 0.3) is 5.91 Å². The summed E-state index contributed by atoms with van der Waals surface area (Å²) in [6, 6.07) is 6.68. The molecule has 0 aliphatic carbocycles. The van der Waals surface area contributed by atoms with E-state index < -0.39 is 0 Å². The van der Waals surface area contributed by atoms with Crippen LogP contribution in [0.4, 0.5) is 0 Å². The molecule has 0 radical (unpaired) electrons. The van der Waals surface area contributed by atoms with E-state index in [-0.39, 0.29) is 17.6 Å². The van der Waals surface area contributed by atoms with Crippen LogP contribution in [0.5, 0.6) is 5.75 Å². The standard InChI is InChI=1S/C11H15N3O3S/c12-10(15)7-18-5-4-17-9-3-1-2-8(6-9)11(16)14-13/h1-3,6H,4-5,7,13H2,(H2,12,15)(H,14,16). The number of thioether (sulfide) groups is 1. The first-order chi connectivity index (χ1) is 8.63. The average Bonchev–Trinajstić information content (AvgIpc) is 2.37. The SMILES string of the molecule is NNC(=O)c1cccc(OCCSCC(N)=O)c1. The minimum absolute atomic E-state index is 0.277. The summed E-state index contributed by atoms with van der Waals surface area (Å²) >= 11 is 1.40. The van der Waals surface area contributed by atoms with Crippen molar-refractivity contribution < 1.29 is 14.3 Å². The first kappa shape index (κ1) is 14.3. The van der Waals surface area contributed by atoms with Gasteiger partial charge in [-0.05, 0) is 18.2 Å². The molecule has 0 unspecified atom stereocenters. The molecule has 0 aromatic heterocycles. The van der Waals surface area contributed by atoms with Crippen molar-refractivity contribution in [3.05, 3.63) is 29.8 Å². The number of carbonyl (C=O) groups is 2. The molecule has 1 rings (SSSR count). The Morgan fingerprint density at radius 1 is 1.39 bits per heavy atom. The number of amides is 2. The lowest BCUT2D eigenvalue weighted by molar-refractivity contribution is -0.115. The highest BCUT2D eigenvalue weighted by molar-refractivity contribution is 7.99. The molecule has 0 heterocycles. The summed E-state index contributed by atoms with van der Waals surface area (Å²) in [7, 11) is 0. The van der Waals surface area contributed by atoms with Crippen LogP contribution in [-0.4, -0.2) is 29.9 Å². The molecule has 0 bridgehead atoms. The molecular formula is C11H15N3O3S. The van der Waals surface area contributed by atoms with Gasteiger partial charge in [0.05, 0.1) is 12.4 Å². The number of hydrogen-bond donors (Lipinski definition) is 3. The summed E-state index contributed by atoms with van der Waals surface area (Å²) in [4.78, 5) is 21.8. The van der Waals surface area contributed by atoms with Gasteiger partial charge >= 0.3 is 0 Å². The molecule has 18 heavy (non-hydrogen) atoms. The van der Waals surface area contributed by atoms with Crippen molar-refractivity contribution in [1.29, 1.82) is 0 Å². The average molecular weight is 269 g/mol. The molecule has 1 aromatic rings. The fourth-order valence-electron chi connectivity index (χ4n) is 1.20. The predicted octanol–water partition coefficient (Wildman–Crippen LogP) is -0.113. The first-order valence-electron chi connectivity index (χ1n) is 5.23. The Morgan fingerprint density at radius 3 is 2.83 bits per heavy atom. The molecule has 0 aliphatic heterocycles. The molecule has 0 fully saturated rings. The second-order valence-corrected chi connectivity index (χ2v) is 4.47. The zero-order chi connectivity index (χ0) is 13.4. The summed E-state index contributed by atoms with van der Waals surface area (Å²) in [5.74, 6) is 5.82. The fraction of sp³-hybridized carbons (Fsp3) is 0.273. The van der Waals surface area contributed by atoms with Crippen LogP contribution >= 0.6 is 11.8 Å². The lowest BCUT2D eigenvalue weighted by Crippen LogP contribution is -2.29. The number of carbonyl (C=O) groups excluding carboxylic acids is 2. The molecule has 0 saturated carbocycles. The number of primary amides is 1. The van der Waals surface area contributed by atoms with Crippen molar-refractivity contribution in [1.82, 2.24) is 5.43 Å². The summed E-state index contributed by atoms with van der Waals surface area (Å²) in [6.07, 6.45) is 0. The minimum atomic E-state index is -0.372. The van der Waals surface area contributed by atoms with Crippen molar-refractivity contribution >= 4 is 23.6 Å². The van der Waals surface area contributed by atoms with Crippen molar-refractivity contribution in [3.8, 4) is 5.75 Å². The van der Waals surface area contributed by atoms with Crippen LogP contribution in [0.25, 0.3) is 0 Å². The van der Waals surface area contributed by atoms with E-state index in [1.165, 1.54) is 11.8 Å². The highest BCUT2D eigenvalue weighted by atomic mass is 32.2. The summed E-state index contributed by atoms with van der Waals surface area (Å²) in [5.41, 5.74) is 7.48. The van der Waals surface area contributed by atoms with E-state index in [4.69, 9.17) is 16.3 Å². The van der Waals surface area contributed by atoms with Crippen molar-refractivity contribution in [2.24, 2.45) is 11.6 Å². The number of nitrogens with two attached hydrogens (primary N) is 2. The molecule has 1 aromatic carbocycles. The van der Waals surface area contributed by atoms with Gasteiger partial charge in [-0.15, -0.1) is 11.8 Å². The number of nitrogens with one attached hydrogen (secondary N) is 1. The molecule has 0 saturated heterocycles. The molecule has 0 atom stereocenters. The molecule has 7 heteroatoms. The zero-order valence-electron chi connectivity index (χ0n) is 9.72. The van der Waals surface area contributed by atoms with E-state index in [2.05, 4.69) is 0 Å². The van der Waals surface area contributed by atoms with E-state index in [0.29, 0.717) is 23.7 Å². The Morgan fingerprint density at radius 2 is 2.17 bits per heavy atom. The maximum Gasteiger partial charge on any atom is 0.265 e. The van der Waals surface area contributed by atoms with Crippen molar-refractivity contribution in [3.63, 3.8) is 0 Å². The molecule has 98 valence electrons. The number of hydrazine groups is 1. The third kappa shape index (κ3) is 5.07. The Kier molecular flexibility index (Phi) is 6.03. The minimum Gasteiger partial charge on any atom is -0.493 e. The Bertz CT molecular complexity index is 426. The van der Waals surface area contributed by atoms with Crippen LogP contribution in [0.15, 0.2) is 24.3 Å². The second-order valence-electron chi connectivity index (χ2n) is 3.37. The largest absolute Gasteiger partial charge is 0.493 e. The smallest absolute Gasteiger partial charge is 0.265 e. The molecule has 6 nitrogen and oxygen atoms in total. The Balaban J connectivity index is 2.38. The number of hydrogen-bond acceptors (Lipinski definition) is 5. The maximum absolute atomic E-state index is 11.3. The van der Waals surface area contributed by atoms with Crippen LogP contribution in [-0.2, 0) is 4.79 Å². The molecule has 5 N–H and O–H groups in total. The first-order valence-corrected chi connectivity index (χ1v) is 6.39. The lowest BCUT2D eigenvalue weighted by Gasteiger charge is -2.07. The normalized spacial score (nSPS) is 9.83. The van der Waals surface area contributed by atoms with E-state index in [1.807, 2.05) is 5.43 Å². The van der Waals surface area contributed by atoms with E-state index in [0.717, 1.165) is 0 Å². The number of nitrogen functional groups attached to an aromatic ring is 1. The summed E-state index contributed by atoms with van der Waals surface area (Å²) < 4.78 is 5.43. The van der Waals surface area contributed by atoms with Gasteiger partial charge in [0.15, 0.2) is 0 Å². The van der Waals surface area contributed by atoms with Crippen molar-refractivity contribution in [2.45, 2.75) is 0 Å². The van der Waals surface area contributed by atoms with Crippen LogP contribution in [0, 0.1) is 0 Å². The third-order valence-corrected chi connectivity index (χ3v) is 2.91. The Labute approximate surface area is 109 Å². The lowest BCUT2D eigenvalue weighted by atomic mass is 10.2. The number of rotatable bonds is 7. The van der Waals surface area contributed by atoms with Gasteiger partial charge in [0, 0.05) is 11.3 Å². The van der Waals surface area contributed by atoms with Gasteiger partial charge in [-0.3, -0.25) is 15.0 Å².